The molecule has 8 heteroatoms. The quantitative estimate of drug-likeness (QED) is 0.637. The fourth-order valence-electron chi connectivity index (χ4n) is 3.65. The third-order valence-corrected chi connectivity index (χ3v) is 5.30. The standard InChI is InChI=1S/C22H25F2NO5/c1-25-21(28)22(30-12-14-5-4-7-16(23)9-14)10-18(26)20(27)19(11-22)29-13-15-6-2-3-8-17(15)24/h2-9,18-20,26-27H,10-13H2,1H3,(H,25,28)/t18-,19?,20-,22+/m1/s1. The minimum atomic E-state index is -1.50. The van der Waals surface area contributed by atoms with Crippen molar-refractivity contribution in [3.8, 4) is 0 Å². The van der Waals surface area contributed by atoms with E-state index in [2.05, 4.69) is 5.32 Å². The van der Waals surface area contributed by atoms with E-state index in [-0.39, 0.29) is 31.6 Å². The van der Waals surface area contributed by atoms with Crippen molar-refractivity contribution in [2.24, 2.45) is 0 Å². The van der Waals surface area contributed by atoms with Crippen molar-refractivity contribution < 1.29 is 33.3 Å². The van der Waals surface area contributed by atoms with Gasteiger partial charge in [0.1, 0.15) is 17.7 Å². The molecule has 2 aromatic rings. The van der Waals surface area contributed by atoms with E-state index in [0.717, 1.165) is 0 Å². The number of halogens is 2. The number of hydrogen-bond donors (Lipinski definition) is 3. The van der Waals surface area contributed by atoms with Crippen molar-refractivity contribution in [2.75, 3.05) is 7.05 Å². The van der Waals surface area contributed by atoms with Crippen LogP contribution in [0.5, 0.6) is 0 Å². The summed E-state index contributed by atoms with van der Waals surface area (Å²) in [6.45, 7) is -0.219. The van der Waals surface area contributed by atoms with Gasteiger partial charge >= 0.3 is 0 Å². The molecule has 0 aromatic heterocycles. The first-order valence-corrected chi connectivity index (χ1v) is 9.66. The summed E-state index contributed by atoms with van der Waals surface area (Å²) in [5.74, 6) is -1.39. The van der Waals surface area contributed by atoms with Crippen LogP contribution in [0, 0.1) is 11.6 Å². The summed E-state index contributed by atoms with van der Waals surface area (Å²) in [6, 6.07) is 11.8. The number of aliphatic hydroxyl groups excluding tert-OH is 2. The maximum absolute atomic E-state index is 13.9. The van der Waals surface area contributed by atoms with Crippen LogP contribution in [0.4, 0.5) is 8.78 Å². The molecule has 1 saturated carbocycles. The fraction of sp³-hybridized carbons (Fsp3) is 0.409. The number of amides is 1. The molecular formula is C22H25F2NO5. The number of aliphatic hydroxyl groups is 2. The molecule has 1 unspecified atom stereocenters. The first-order chi connectivity index (χ1) is 14.3. The monoisotopic (exact) mass is 421 g/mol. The highest BCUT2D eigenvalue weighted by atomic mass is 19.1. The molecule has 1 aliphatic rings. The van der Waals surface area contributed by atoms with Crippen LogP contribution in [-0.2, 0) is 27.5 Å². The maximum atomic E-state index is 13.9. The van der Waals surface area contributed by atoms with Gasteiger partial charge in [0, 0.05) is 25.5 Å². The van der Waals surface area contributed by atoms with Gasteiger partial charge in [0.2, 0.25) is 0 Å². The molecule has 0 aliphatic heterocycles. The lowest BCUT2D eigenvalue weighted by Crippen LogP contribution is -2.60. The second-order valence-electron chi connectivity index (χ2n) is 7.40. The molecule has 0 heterocycles. The second kappa shape index (κ2) is 9.61. The van der Waals surface area contributed by atoms with Gasteiger partial charge in [-0.2, -0.15) is 0 Å². The Kier molecular flexibility index (Phi) is 7.14. The molecule has 6 nitrogen and oxygen atoms in total. The predicted octanol–water partition coefficient (Wildman–Crippen LogP) is 2.07. The zero-order valence-electron chi connectivity index (χ0n) is 16.6. The maximum Gasteiger partial charge on any atom is 0.252 e. The average molecular weight is 421 g/mol. The number of likely N-dealkylation sites (N-methyl/N-ethyl adjacent to an activating group) is 1. The third kappa shape index (κ3) is 5.02. The van der Waals surface area contributed by atoms with Crippen LogP contribution < -0.4 is 5.32 Å². The highest BCUT2D eigenvalue weighted by Gasteiger charge is 2.51. The normalized spacial score (nSPS) is 26.4. The van der Waals surface area contributed by atoms with E-state index in [1.54, 1.807) is 24.3 Å². The second-order valence-corrected chi connectivity index (χ2v) is 7.40. The number of hydrogen-bond acceptors (Lipinski definition) is 5. The summed E-state index contributed by atoms with van der Waals surface area (Å²) in [5.41, 5.74) is -0.696. The van der Waals surface area contributed by atoms with Gasteiger partial charge in [0.15, 0.2) is 5.60 Å². The predicted molar refractivity (Wildman–Crippen MR) is 104 cm³/mol. The van der Waals surface area contributed by atoms with Crippen LogP contribution in [0.25, 0.3) is 0 Å². The third-order valence-electron chi connectivity index (χ3n) is 5.30. The molecule has 0 saturated heterocycles. The molecular weight excluding hydrogens is 396 g/mol. The molecule has 1 aliphatic carbocycles. The Balaban J connectivity index is 1.77. The van der Waals surface area contributed by atoms with Gasteiger partial charge in [-0.1, -0.05) is 30.3 Å². The molecule has 0 radical (unpaired) electrons. The van der Waals surface area contributed by atoms with E-state index < -0.39 is 41.5 Å². The van der Waals surface area contributed by atoms with Crippen LogP contribution in [0.15, 0.2) is 48.5 Å². The smallest absolute Gasteiger partial charge is 0.252 e. The van der Waals surface area contributed by atoms with Crippen molar-refractivity contribution >= 4 is 5.91 Å². The van der Waals surface area contributed by atoms with Gasteiger partial charge in [0.05, 0.1) is 25.4 Å². The lowest BCUT2D eigenvalue weighted by molar-refractivity contribution is -0.200. The molecule has 30 heavy (non-hydrogen) atoms. The average Bonchev–Trinajstić information content (AvgIpc) is 2.74. The molecule has 2 aromatic carbocycles. The van der Waals surface area contributed by atoms with Crippen LogP contribution >= 0.6 is 0 Å². The summed E-state index contributed by atoms with van der Waals surface area (Å²) in [4.78, 5) is 12.7. The minimum Gasteiger partial charge on any atom is -0.390 e. The van der Waals surface area contributed by atoms with Crippen LogP contribution in [0.1, 0.15) is 24.0 Å². The number of rotatable bonds is 7. The van der Waals surface area contributed by atoms with Gasteiger partial charge in [-0.25, -0.2) is 8.78 Å². The largest absolute Gasteiger partial charge is 0.390 e. The van der Waals surface area contributed by atoms with Gasteiger partial charge < -0.3 is 25.0 Å². The summed E-state index contributed by atoms with van der Waals surface area (Å²) in [6.07, 6.45) is -3.77. The van der Waals surface area contributed by atoms with Crippen molar-refractivity contribution in [2.45, 2.75) is 50.0 Å². The summed E-state index contributed by atoms with van der Waals surface area (Å²) >= 11 is 0. The number of ether oxygens (including phenoxy) is 2. The van der Waals surface area contributed by atoms with Crippen molar-refractivity contribution in [1.82, 2.24) is 5.32 Å². The lowest BCUT2D eigenvalue weighted by atomic mass is 9.78. The van der Waals surface area contributed by atoms with Crippen LogP contribution in [0.3, 0.4) is 0 Å². The lowest BCUT2D eigenvalue weighted by Gasteiger charge is -2.43. The van der Waals surface area contributed by atoms with E-state index in [4.69, 9.17) is 9.47 Å². The number of nitrogens with one attached hydrogen (secondary N) is 1. The fourth-order valence-corrected chi connectivity index (χ4v) is 3.65. The van der Waals surface area contributed by atoms with Gasteiger partial charge in [-0.3, -0.25) is 4.79 Å². The Morgan fingerprint density at radius 2 is 1.90 bits per heavy atom. The molecule has 0 spiro atoms. The topological polar surface area (TPSA) is 88.0 Å². The first-order valence-electron chi connectivity index (χ1n) is 9.66. The van der Waals surface area contributed by atoms with Crippen molar-refractivity contribution in [3.63, 3.8) is 0 Å². The zero-order valence-corrected chi connectivity index (χ0v) is 16.6. The molecule has 3 rings (SSSR count). The number of benzene rings is 2. The van der Waals surface area contributed by atoms with E-state index in [1.807, 2.05) is 0 Å². The van der Waals surface area contributed by atoms with Crippen molar-refractivity contribution in [3.05, 3.63) is 71.3 Å². The number of carbonyl (C=O) groups is 1. The highest BCUT2D eigenvalue weighted by molar-refractivity contribution is 5.85. The summed E-state index contributed by atoms with van der Waals surface area (Å²) in [5, 5.41) is 23.3. The molecule has 0 bridgehead atoms. The van der Waals surface area contributed by atoms with E-state index in [0.29, 0.717) is 5.56 Å². The van der Waals surface area contributed by atoms with Gasteiger partial charge in [-0.05, 0) is 23.8 Å². The van der Waals surface area contributed by atoms with E-state index >= 15 is 0 Å². The number of carbonyl (C=O) groups excluding carboxylic acids is 1. The Hall–Kier alpha value is -2.39. The molecule has 1 amide bonds. The Bertz CT molecular complexity index is 880. The van der Waals surface area contributed by atoms with Gasteiger partial charge in [-0.15, -0.1) is 0 Å². The molecule has 3 N–H and O–H groups in total. The van der Waals surface area contributed by atoms with E-state index in [9.17, 15) is 23.8 Å². The van der Waals surface area contributed by atoms with E-state index in [1.165, 1.54) is 31.3 Å². The zero-order chi connectivity index (χ0) is 21.7. The van der Waals surface area contributed by atoms with Crippen LogP contribution in [0.2, 0.25) is 0 Å². The summed E-state index contributed by atoms with van der Waals surface area (Å²) < 4.78 is 38.9. The Labute approximate surface area is 173 Å². The summed E-state index contributed by atoms with van der Waals surface area (Å²) in [7, 11) is 1.43. The Morgan fingerprint density at radius 3 is 2.60 bits per heavy atom. The molecule has 4 atom stereocenters. The first kappa shape index (κ1) is 22.3. The SMILES string of the molecule is CNC(=O)[C@@]1(OCc2cccc(F)c2)CC(OCc2ccccc2F)[C@H](O)[C@H](O)C1. The molecule has 162 valence electrons. The highest BCUT2D eigenvalue weighted by Crippen LogP contribution is 2.35. The molecule has 1 fully saturated rings. The van der Waals surface area contributed by atoms with Crippen LogP contribution in [-0.4, -0.2) is 47.1 Å². The van der Waals surface area contributed by atoms with Gasteiger partial charge in [0.25, 0.3) is 5.91 Å². The van der Waals surface area contributed by atoms with Crippen molar-refractivity contribution in [1.29, 1.82) is 0 Å². The minimum absolute atomic E-state index is 0.0608. The Morgan fingerprint density at radius 1 is 1.13 bits per heavy atom.